The third-order valence-electron chi connectivity index (χ3n) is 3.34. The topological polar surface area (TPSA) is 36.1 Å². The molecule has 0 aromatic heterocycles. The lowest BCUT2D eigenvalue weighted by molar-refractivity contribution is 0.546. The fourth-order valence-electron chi connectivity index (χ4n) is 2.18. The molecule has 0 rings (SSSR count). The normalized spacial score (nSPS) is 10.9. The van der Waals surface area contributed by atoms with E-state index in [2.05, 4.69) is 11.9 Å². The maximum atomic E-state index is 8.21. The fraction of sp³-hybridized carbons (Fsp3) is 0.875. The van der Waals surface area contributed by atoms with Gasteiger partial charge in [0.25, 0.3) is 0 Å². The van der Waals surface area contributed by atoms with Crippen LogP contribution in [0.25, 0.3) is 0 Å². The molecule has 0 unspecified atom stereocenters. The summed E-state index contributed by atoms with van der Waals surface area (Å²) in [6.07, 6.45) is 21.0. The van der Waals surface area contributed by atoms with Gasteiger partial charge < -0.3 is 0 Å². The Balaban J connectivity index is 2.95. The molecular formula is C16H30N2. The summed E-state index contributed by atoms with van der Waals surface area (Å²) in [6, 6.07) is 0. The highest BCUT2D eigenvalue weighted by atomic mass is 14.7. The van der Waals surface area contributed by atoms with Crippen molar-refractivity contribution in [3.63, 3.8) is 0 Å². The van der Waals surface area contributed by atoms with E-state index in [9.17, 15) is 0 Å². The molecule has 0 aliphatic heterocycles. The van der Waals surface area contributed by atoms with E-state index in [1.54, 1.807) is 12.4 Å². The SMILES string of the molecule is CCCCCCCCCCCCCCC=NC#N. The quantitative estimate of drug-likeness (QED) is 0.237. The van der Waals surface area contributed by atoms with Gasteiger partial charge in [-0.15, -0.1) is 0 Å². The summed E-state index contributed by atoms with van der Waals surface area (Å²) in [6.45, 7) is 2.27. The molecule has 0 bridgehead atoms. The Kier molecular flexibility index (Phi) is 15.4. The third kappa shape index (κ3) is 15.2. The minimum Gasteiger partial charge on any atom is -0.186 e. The van der Waals surface area contributed by atoms with Crippen LogP contribution in [0.1, 0.15) is 90.4 Å². The van der Waals surface area contributed by atoms with Crippen molar-refractivity contribution in [1.82, 2.24) is 0 Å². The molecule has 0 saturated heterocycles. The average molecular weight is 250 g/mol. The summed E-state index contributed by atoms with van der Waals surface area (Å²) in [5.41, 5.74) is 0. The molecule has 0 aliphatic carbocycles. The van der Waals surface area contributed by atoms with Crippen LogP contribution < -0.4 is 0 Å². The fourth-order valence-corrected chi connectivity index (χ4v) is 2.18. The van der Waals surface area contributed by atoms with E-state index in [0.717, 1.165) is 6.42 Å². The van der Waals surface area contributed by atoms with Crippen LogP contribution in [0.15, 0.2) is 4.99 Å². The van der Waals surface area contributed by atoms with E-state index in [1.165, 1.54) is 77.0 Å². The molecule has 0 aliphatic rings. The Labute approximate surface area is 114 Å². The summed E-state index contributed by atoms with van der Waals surface area (Å²) >= 11 is 0. The standard InChI is InChI=1S/C16H30N2/c1-2-3-4-5-6-7-8-9-10-11-12-13-14-15-18-16-17/h15H,2-14H2,1H3. The molecule has 0 aromatic carbocycles. The van der Waals surface area contributed by atoms with E-state index in [0.29, 0.717) is 0 Å². The van der Waals surface area contributed by atoms with Crippen LogP contribution in [-0.2, 0) is 0 Å². The highest BCUT2D eigenvalue weighted by Gasteiger charge is 1.92. The van der Waals surface area contributed by atoms with Gasteiger partial charge in [0.05, 0.1) is 0 Å². The third-order valence-corrected chi connectivity index (χ3v) is 3.34. The molecule has 104 valence electrons. The summed E-state index contributed by atoms with van der Waals surface area (Å²) in [5, 5.41) is 8.21. The zero-order valence-electron chi connectivity index (χ0n) is 12.2. The van der Waals surface area contributed by atoms with E-state index >= 15 is 0 Å². The first-order valence-corrected chi connectivity index (χ1v) is 7.82. The molecule has 0 saturated carbocycles. The van der Waals surface area contributed by atoms with E-state index in [-0.39, 0.29) is 0 Å². The van der Waals surface area contributed by atoms with Gasteiger partial charge >= 0.3 is 0 Å². The van der Waals surface area contributed by atoms with Crippen LogP contribution in [0, 0.1) is 11.5 Å². The number of nitriles is 1. The van der Waals surface area contributed by atoms with Crippen LogP contribution in [0.2, 0.25) is 0 Å². The molecule has 18 heavy (non-hydrogen) atoms. The second kappa shape index (κ2) is 16.2. The van der Waals surface area contributed by atoms with E-state index < -0.39 is 0 Å². The van der Waals surface area contributed by atoms with Crippen molar-refractivity contribution < 1.29 is 0 Å². The summed E-state index contributed by atoms with van der Waals surface area (Å²) in [4.78, 5) is 3.54. The predicted octanol–water partition coefficient (Wildman–Crippen LogP) is 5.63. The van der Waals surface area contributed by atoms with Crippen molar-refractivity contribution in [2.75, 3.05) is 0 Å². The van der Waals surface area contributed by atoms with Crippen molar-refractivity contribution in [2.45, 2.75) is 90.4 Å². The first kappa shape index (κ1) is 17.2. The molecule has 0 atom stereocenters. The van der Waals surface area contributed by atoms with Crippen LogP contribution in [0.4, 0.5) is 0 Å². The Morgan fingerprint density at radius 2 is 1.22 bits per heavy atom. The molecule has 0 radical (unpaired) electrons. The number of rotatable bonds is 13. The largest absolute Gasteiger partial charge is 0.205 e. The Bertz CT molecular complexity index is 216. The van der Waals surface area contributed by atoms with Crippen molar-refractivity contribution in [3.05, 3.63) is 0 Å². The van der Waals surface area contributed by atoms with Gasteiger partial charge in [0.15, 0.2) is 0 Å². The van der Waals surface area contributed by atoms with Gasteiger partial charge in [-0.2, -0.15) is 10.3 Å². The lowest BCUT2D eigenvalue weighted by Gasteiger charge is -2.01. The molecule has 0 N–H and O–H groups in total. The van der Waals surface area contributed by atoms with E-state index in [4.69, 9.17) is 5.26 Å². The molecular weight excluding hydrogens is 220 g/mol. The highest BCUT2D eigenvalue weighted by Crippen LogP contribution is 2.12. The zero-order chi connectivity index (χ0) is 13.3. The van der Waals surface area contributed by atoms with Crippen molar-refractivity contribution in [3.8, 4) is 6.19 Å². The van der Waals surface area contributed by atoms with Crippen LogP contribution in [0.5, 0.6) is 0 Å². The monoisotopic (exact) mass is 250 g/mol. The average Bonchev–Trinajstić information content (AvgIpc) is 2.39. The minimum atomic E-state index is 0.963. The van der Waals surface area contributed by atoms with Gasteiger partial charge in [0, 0.05) is 6.21 Å². The number of nitrogens with zero attached hydrogens (tertiary/aromatic N) is 2. The van der Waals surface area contributed by atoms with E-state index in [1.807, 2.05) is 0 Å². The maximum Gasteiger partial charge on any atom is 0.205 e. The second-order valence-electron chi connectivity index (χ2n) is 5.09. The lowest BCUT2D eigenvalue weighted by atomic mass is 10.0. The minimum absolute atomic E-state index is 0.963. The molecule has 2 nitrogen and oxygen atoms in total. The number of hydrogen-bond acceptors (Lipinski definition) is 2. The summed E-state index contributed by atoms with van der Waals surface area (Å²) in [7, 11) is 0. The van der Waals surface area contributed by atoms with Gasteiger partial charge in [-0.25, -0.2) is 0 Å². The van der Waals surface area contributed by atoms with Crippen molar-refractivity contribution in [2.24, 2.45) is 4.99 Å². The first-order chi connectivity index (χ1) is 8.91. The van der Waals surface area contributed by atoms with Crippen molar-refractivity contribution in [1.29, 1.82) is 5.26 Å². The molecule has 0 fully saturated rings. The smallest absolute Gasteiger partial charge is 0.186 e. The first-order valence-electron chi connectivity index (χ1n) is 7.82. The Morgan fingerprint density at radius 3 is 1.67 bits per heavy atom. The number of hydrogen-bond donors (Lipinski definition) is 0. The molecule has 0 aromatic rings. The number of aliphatic imine (C=N–C) groups is 1. The van der Waals surface area contributed by atoms with Crippen molar-refractivity contribution >= 4 is 6.21 Å². The Hall–Kier alpha value is -0.840. The summed E-state index contributed by atoms with van der Waals surface area (Å²) in [5.74, 6) is 0. The zero-order valence-corrected chi connectivity index (χ0v) is 12.2. The molecule has 0 spiro atoms. The predicted molar refractivity (Wildman–Crippen MR) is 79.8 cm³/mol. The second-order valence-corrected chi connectivity index (χ2v) is 5.09. The molecule has 2 heteroatoms. The Morgan fingerprint density at radius 1 is 0.778 bits per heavy atom. The van der Waals surface area contributed by atoms with Gasteiger partial charge in [0.2, 0.25) is 6.19 Å². The van der Waals surface area contributed by atoms with Crippen LogP contribution >= 0.6 is 0 Å². The lowest BCUT2D eigenvalue weighted by Crippen LogP contribution is -1.83. The summed E-state index contributed by atoms with van der Waals surface area (Å²) < 4.78 is 0. The van der Waals surface area contributed by atoms with Gasteiger partial charge in [0.1, 0.15) is 0 Å². The van der Waals surface area contributed by atoms with Gasteiger partial charge in [-0.3, -0.25) is 0 Å². The highest BCUT2D eigenvalue weighted by molar-refractivity contribution is 5.58. The van der Waals surface area contributed by atoms with Crippen LogP contribution in [-0.4, -0.2) is 6.21 Å². The number of unbranched alkanes of at least 4 members (excludes halogenated alkanes) is 12. The molecule has 0 heterocycles. The van der Waals surface area contributed by atoms with Gasteiger partial charge in [-0.1, -0.05) is 77.6 Å². The maximum absolute atomic E-state index is 8.21. The van der Waals surface area contributed by atoms with Gasteiger partial charge in [-0.05, 0) is 12.8 Å². The van der Waals surface area contributed by atoms with Crippen LogP contribution in [0.3, 0.4) is 0 Å². The molecule has 0 amide bonds.